The topological polar surface area (TPSA) is 89.1 Å². The summed E-state index contributed by atoms with van der Waals surface area (Å²) >= 11 is 0. The maximum atomic E-state index is 12.6. The number of carbonyl (C=O) groups excluding carboxylic acids is 1. The van der Waals surface area contributed by atoms with Crippen molar-refractivity contribution in [3.8, 4) is 0 Å². The number of amides is 1. The molecule has 0 saturated carbocycles. The Morgan fingerprint density at radius 3 is 3.24 bits per heavy atom. The second-order valence-corrected chi connectivity index (χ2v) is 6.50. The fourth-order valence-corrected chi connectivity index (χ4v) is 3.47. The SMILES string of the molecule is O=C(N[C@@H]1COCC[C@@H]1OCc1ccccn1)c1n[nH]c2c1CCC2. The van der Waals surface area contributed by atoms with Crippen molar-refractivity contribution in [3.05, 3.63) is 47.0 Å². The predicted octanol–water partition coefficient (Wildman–Crippen LogP) is 1.40. The minimum absolute atomic E-state index is 0.0910. The lowest BCUT2D eigenvalue weighted by Crippen LogP contribution is -2.50. The number of fused-ring (bicyclic) bond motifs is 1. The number of pyridine rings is 1. The summed E-state index contributed by atoms with van der Waals surface area (Å²) in [5, 5.41) is 10.2. The van der Waals surface area contributed by atoms with Gasteiger partial charge in [0.25, 0.3) is 5.91 Å². The summed E-state index contributed by atoms with van der Waals surface area (Å²) in [5.41, 5.74) is 3.54. The van der Waals surface area contributed by atoms with Crippen LogP contribution < -0.4 is 5.32 Å². The van der Waals surface area contributed by atoms with E-state index in [0.29, 0.717) is 25.5 Å². The van der Waals surface area contributed by atoms with E-state index in [4.69, 9.17) is 9.47 Å². The van der Waals surface area contributed by atoms with E-state index in [2.05, 4.69) is 20.5 Å². The Balaban J connectivity index is 1.39. The highest BCUT2D eigenvalue weighted by molar-refractivity contribution is 5.94. The van der Waals surface area contributed by atoms with E-state index in [1.54, 1.807) is 6.20 Å². The molecule has 1 fully saturated rings. The third kappa shape index (κ3) is 3.57. The van der Waals surface area contributed by atoms with Crippen molar-refractivity contribution in [1.29, 1.82) is 0 Å². The van der Waals surface area contributed by atoms with E-state index < -0.39 is 0 Å². The number of nitrogens with zero attached hydrogens (tertiary/aromatic N) is 2. The van der Waals surface area contributed by atoms with Crippen molar-refractivity contribution in [1.82, 2.24) is 20.5 Å². The molecule has 0 aromatic carbocycles. The molecule has 2 aliphatic rings. The van der Waals surface area contributed by atoms with E-state index in [-0.39, 0.29) is 18.1 Å². The number of rotatable bonds is 5. The molecule has 1 aliphatic heterocycles. The van der Waals surface area contributed by atoms with Gasteiger partial charge in [0.2, 0.25) is 0 Å². The van der Waals surface area contributed by atoms with E-state index in [0.717, 1.165) is 42.6 Å². The van der Waals surface area contributed by atoms with Crippen LogP contribution >= 0.6 is 0 Å². The maximum Gasteiger partial charge on any atom is 0.272 e. The Morgan fingerprint density at radius 1 is 1.40 bits per heavy atom. The van der Waals surface area contributed by atoms with Gasteiger partial charge in [-0.3, -0.25) is 14.9 Å². The zero-order valence-corrected chi connectivity index (χ0v) is 14.0. The van der Waals surface area contributed by atoms with Gasteiger partial charge in [0, 0.05) is 24.1 Å². The number of aromatic amines is 1. The lowest BCUT2D eigenvalue weighted by molar-refractivity contribution is -0.0613. The van der Waals surface area contributed by atoms with Gasteiger partial charge >= 0.3 is 0 Å². The van der Waals surface area contributed by atoms with Gasteiger partial charge in [-0.05, 0) is 37.8 Å². The van der Waals surface area contributed by atoms with Gasteiger partial charge in [0.05, 0.1) is 31.1 Å². The summed E-state index contributed by atoms with van der Waals surface area (Å²) in [6.07, 6.45) is 5.36. The van der Waals surface area contributed by atoms with Crippen LogP contribution in [0.25, 0.3) is 0 Å². The average molecular weight is 342 g/mol. The first-order valence-electron chi connectivity index (χ1n) is 8.77. The molecule has 7 heteroatoms. The molecule has 2 N–H and O–H groups in total. The second-order valence-electron chi connectivity index (χ2n) is 6.50. The Bertz CT molecular complexity index is 731. The molecule has 4 rings (SSSR count). The van der Waals surface area contributed by atoms with Crippen LogP contribution in [0.3, 0.4) is 0 Å². The zero-order chi connectivity index (χ0) is 17.1. The molecular formula is C18H22N4O3. The molecule has 0 spiro atoms. The monoisotopic (exact) mass is 342 g/mol. The van der Waals surface area contributed by atoms with Crippen molar-refractivity contribution in [2.45, 2.75) is 44.4 Å². The van der Waals surface area contributed by atoms with Crippen molar-refractivity contribution in [2.24, 2.45) is 0 Å². The Kier molecular flexibility index (Phi) is 4.76. The summed E-state index contributed by atoms with van der Waals surface area (Å²) in [6.45, 7) is 1.51. The summed E-state index contributed by atoms with van der Waals surface area (Å²) in [7, 11) is 0. The van der Waals surface area contributed by atoms with Gasteiger partial charge in [0.15, 0.2) is 5.69 Å². The van der Waals surface area contributed by atoms with E-state index in [1.807, 2.05) is 18.2 Å². The quantitative estimate of drug-likeness (QED) is 0.857. The molecule has 1 saturated heterocycles. The van der Waals surface area contributed by atoms with Gasteiger partial charge in [-0.1, -0.05) is 6.07 Å². The van der Waals surface area contributed by atoms with Crippen molar-refractivity contribution >= 4 is 5.91 Å². The van der Waals surface area contributed by atoms with E-state index in [1.165, 1.54) is 0 Å². The molecular weight excluding hydrogens is 320 g/mol. The molecule has 0 radical (unpaired) electrons. The molecule has 7 nitrogen and oxygen atoms in total. The molecule has 2 aromatic heterocycles. The first kappa shape index (κ1) is 16.2. The Morgan fingerprint density at radius 2 is 2.36 bits per heavy atom. The molecule has 2 aromatic rings. The van der Waals surface area contributed by atoms with Crippen LogP contribution in [-0.4, -0.2) is 46.4 Å². The highest BCUT2D eigenvalue weighted by Gasteiger charge is 2.31. The third-order valence-electron chi connectivity index (χ3n) is 4.80. The van der Waals surface area contributed by atoms with Gasteiger partial charge in [-0.25, -0.2) is 0 Å². The number of H-pyrrole nitrogens is 1. The lowest BCUT2D eigenvalue weighted by atomic mass is 10.1. The Hall–Kier alpha value is -2.25. The number of aromatic nitrogens is 3. The second kappa shape index (κ2) is 7.33. The van der Waals surface area contributed by atoms with Crippen LogP contribution in [0.4, 0.5) is 0 Å². The minimum Gasteiger partial charge on any atom is -0.379 e. The molecule has 2 atom stereocenters. The molecule has 3 heterocycles. The van der Waals surface area contributed by atoms with Crippen molar-refractivity contribution in [3.63, 3.8) is 0 Å². The first-order valence-corrected chi connectivity index (χ1v) is 8.77. The number of nitrogens with one attached hydrogen (secondary N) is 2. The third-order valence-corrected chi connectivity index (χ3v) is 4.80. The lowest BCUT2D eigenvalue weighted by Gasteiger charge is -2.31. The summed E-state index contributed by atoms with van der Waals surface area (Å²) < 4.78 is 11.5. The van der Waals surface area contributed by atoms with Crippen molar-refractivity contribution in [2.75, 3.05) is 13.2 Å². The summed E-state index contributed by atoms with van der Waals surface area (Å²) in [4.78, 5) is 16.9. The van der Waals surface area contributed by atoms with Gasteiger partial charge in [0.1, 0.15) is 0 Å². The molecule has 25 heavy (non-hydrogen) atoms. The van der Waals surface area contributed by atoms with Crippen LogP contribution in [0.1, 0.15) is 40.3 Å². The summed E-state index contributed by atoms with van der Waals surface area (Å²) in [5.74, 6) is -0.152. The average Bonchev–Trinajstić information content (AvgIpc) is 3.25. The van der Waals surface area contributed by atoms with E-state index in [9.17, 15) is 4.79 Å². The Labute approximate surface area is 146 Å². The molecule has 132 valence electrons. The van der Waals surface area contributed by atoms with Gasteiger partial charge < -0.3 is 14.8 Å². The zero-order valence-electron chi connectivity index (χ0n) is 14.0. The number of ether oxygens (including phenoxy) is 2. The van der Waals surface area contributed by atoms with Crippen LogP contribution in [-0.2, 0) is 28.9 Å². The normalized spacial score (nSPS) is 22.6. The highest BCUT2D eigenvalue weighted by atomic mass is 16.5. The number of hydrogen-bond acceptors (Lipinski definition) is 5. The van der Waals surface area contributed by atoms with Gasteiger partial charge in [-0.2, -0.15) is 5.10 Å². The molecule has 1 amide bonds. The summed E-state index contributed by atoms with van der Waals surface area (Å²) in [6, 6.07) is 5.56. The fourth-order valence-electron chi connectivity index (χ4n) is 3.47. The maximum absolute atomic E-state index is 12.6. The molecule has 1 aliphatic carbocycles. The molecule has 0 bridgehead atoms. The largest absolute Gasteiger partial charge is 0.379 e. The molecule has 0 unspecified atom stereocenters. The van der Waals surface area contributed by atoms with Crippen LogP contribution in [0.5, 0.6) is 0 Å². The minimum atomic E-state index is -0.182. The van der Waals surface area contributed by atoms with Crippen LogP contribution in [0.15, 0.2) is 24.4 Å². The van der Waals surface area contributed by atoms with Crippen LogP contribution in [0, 0.1) is 0 Å². The predicted molar refractivity (Wildman–Crippen MR) is 90.1 cm³/mol. The number of hydrogen-bond donors (Lipinski definition) is 2. The van der Waals surface area contributed by atoms with Crippen LogP contribution in [0.2, 0.25) is 0 Å². The van der Waals surface area contributed by atoms with E-state index >= 15 is 0 Å². The fraction of sp³-hybridized carbons (Fsp3) is 0.500. The van der Waals surface area contributed by atoms with Gasteiger partial charge in [-0.15, -0.1) is 0 Å². The first-order chi connectivity index (χ1) is 12.3. The highest BCUT2D eigenvalue weighted by Crippen LogP contribution is 2.23. The number of aryl methyl sites for hydroxylation is 1. The number of carbonyl (C=O) groups is 1. The standard InChI is InChI=1S/C18H22N4O3/c23-18(17-13-5-3-6-14(13)21-22-17)20-15-11-24-9-7-16(15)25-10-12-4-1-2-8-19-12/h1-2,4,8,15-16H,3,5-7,9-11H2,(H,20,23)(H,21,22)/t15-,16+/m1/s1. The van der Waals surface area contributed by atoms with Crippen molar-refractivity contribution < 1.29 is 14.3 Å². The smallest absolute Gasteiger partial charge is 0.272 e.